The topological polar surface area (TPSA) is 80.6 Å². The zero-order valence-corrected chi connectivity index (χ0v) is 21.2. The molecule has 1 atom stereocenters. The van der Waals surface area contributed by atoms with Gasteiger partial charge in [-0.2, -0.15) is 0 Å². The summed E-state index contributed by atoms with van der Waals surface area (Å²) in [6, 6.07) is 13.3. The molecule has 5 rings (SSSR count). The van der Waals surface area contributed by atoms with Crippen LogP contribution in [0.25, 0.3) is 26.8 Å². The molecule has 2 aromatic carbocycles. The molecule has 0 amide bonds. The Hall–Kier alpha value is -3.23. The van der Waals surface area contributed by atoms with Crippen LogP contribution in [0.1, 0.15) is 39.6 Å². The maximum atomic E-state index is 13.6. The van der Waals surface area contributed by atoms with E-state index in [-0.39, 0.29) is 16.4 Å². The van der Waals surface area contributed by atoms with E-state index in [1.807, 2.05) is 71.0 Å². The maximum Gasteiger partial charge on any atom is 0.266 e. The highest BCUT2D eigenvalue weighted by Crippen LogP contribution is 2.35. The molecule has 0 saturated carbocycles. The Labute approximate surface area is 204 Å². The SMILES string of the molecule is Cc1cccc(-n2c(SC(C)c3nc4sc(C)c(C)c4c(=O)[nH]3)nc3ccccc3c2=O)c1C. The predicted molar refractivity (Wildman–Crippen MR) is 141 cm³/mol. The first-order valence-electron chi connectivity index (χ1n) is 11.0. The average Bonchev–Trinajstić information content (AvgIpc) is 3.10. The molecule has 0 bridgehead atoms. The molecule has 3 heterocycles. The smallest absolute Gasteiger partial charge is 0.266 e. The molecule has 0 aliphatic carbocycles. The minimum atomic E-state index is -0.232. The lowest BCUT2D eigenvalue weighted by atomic mass is 10.1. The molecule has 1 unspecified atom stereocenters. The Bertz CT molecular complexity index is 1700. The number of H-pyrrole nitrogens is 1. The molecular formula is C26H24N4O2S2. The monoisotopic (exact) mass is 488 g/mol. The molecule has 0 aliphatic heterocycles. The summed E-state index contributed by atoms with van der Waals surface area (Å²) in [5, 5.41) is 1.55. The molecular weight excluding hydrogens is 464 g/mol. The van der Waals surface area contributed by atoms with E-state index in [4.69, 9.17) is 9.97 Å². The summed E-state index contributed by atoms with van der Waals surface area (Å²) in [4.78, 5) is 40.9. The Morgan fingerprint density at radius 3 is 2.53 bits per heavy atom. The third-order valence-corrected chi connectivity index (χ3v) is 8.45. The van der Waals surface area contributed by atoms with Crippen LogP contribution in [0.15, 0.2) is 57.2 Å². The lowest BCUT2D eigenvalue weighted by Crippen LogP contribution is -2.23. The molecule has 34 heavy (non-hydrogen) atoms. The van der Waals surface area contributed by atoms with Crippen molar-refractivity contribution in [1.82, 2.24) is 19.5 Å². The predicted octanol–water partition coefficient (Wildman–Crippen LogP) is 5.77. The number of hydrogen-bond donors (Lipinski definition) is 1. The van der Waals surface area contributed by atoms with Crippen LogP contribution in [0.5, 0.6) is 0 Å². The Balaban J connectivity index is 1.68. The van der Waals surface area contributed by atoms with Crippen LogP contribution in [-0.2, 0) is 0 Å². The molecule has 0 saturated heterocycles. The van der Waals surface area contributed by atoms with E-state index < -0.39 is 0 Å². The molecule has 3 aromatic heterocycles. The Kier molecular flexibility index (Phi) is 5.65. The highest BCUT2D eigenvalue weighted by atomic mass is 32.2. The second kappa shape index (κ2) is 8.52. The van der Waals surface area contributed by atoms with Crippen LogP contribution in [0, 0.1) is 27.7 Å². The number of aromatic amines is 1. The largest absolute Gasteiger partial charge is 0.309 e. The van der Waals surface area contributed by atoms with Gasteiger partial charge in [0.1, 0.15) is 10.7 Å². The van der Waals surface area contributed by atoms with Crippen LogP contribution in [-0.4, -0.2) is 19.5 Å². The van der Waals surface area contributed by atoms with E-state index in [0.29, 0.717) is 27.3 Å². The van der Waals surface area contributed by atoms with Gasteiger partial charge in [0.15, 0.2) is 5.16 Å². The van der Waals surface area contributed by atoms with Gasteiger partial charge in [-0.25, -0.2) is 9.97 Å². The summed E-state index contributed by atoms with van der Waals surface area (Å²) >= 11 is 2.94. The quantitative estimate of drug-likeness (QED) is 0.257. The van der Waals surface area contributed by atoms with E-state index in [1.165, 1.54) is 23.1 Å². The second-order valence-electron chi connectivity index (χ2n) is 8.45. The van der Waals surface area contributed by atoms with Gasteiger partial charge >= 0.3 is 0 Å². The molecule has 0 fully saturated rings. The summed E-state index contributed by atoms with van der Waals surface area (Å²) in [5.74, 6) is 0.568. The number of rotatable bonds is 4. The molecule has 6 nitrogen and oxygen atoms in total. The van der Waals surface area contributed by atoms with E-state index in [1.54, 1.807) is 10.6 Å². The minimum absolute atomic E-state index is 0.115. The van der Waals surface area contributed by atoms with Gasteiger partial charge in [-0.05, 0) is 69.5 Å². The van der Waals surface area contributed by atoms with Gasteiger partial charge in [-0.3, -0.25) is 14.2 Å². The van der Waals surface area contributed by atoms with Crippen LogP contribution < -0.4 is 11.1 Å². The van der Waals surface area contributed by atoms with Gasteiger partial charge in [0, 0.05) is 4.88 Å². The Morgan fingerprint density at radius 2 is 1.74 bits per heavy atom. The standard InChI is InChI=1S/C26H24N4O2S2/c1-13-9-8-12-20(14(13)2)30-25(32)18-10-6-7-11-19(18)27-26(30)34-17(5)22-28-23(31)21-15(3)16(4)33-24(21)29-22/h6-12,17H,1-5H3,(H,28,29,31). The lowest BCUT2D eigenvalue weighted by molar-refractivity contribution is 0.804. The van der Waals surface area contributed by atoms with Crippen molar-refractivity contribution < 1.29 is 0 Å². The van der Waals surface area contributed by atoms with E-state index in [9.17, 15) is 9.59 Å². The molecule has 5 aromatic rings. The zero-order valence-electron chi connectivity index (χ0n) is 19.6. The average molecular weight is 489 g/mol. The highest BCUT2D eigenvalue weighted by Gasteiger charge is 2.21. The zero-order chi connectivity index (χ0) is 24.1. The van der Waals surface area contributed by atoms with Crippen molar-refractivity contribution in [3.63, 3.8) is 0 Å². The maximum absolute atomic E-state index is 13.6. The first kappa shape index (κ1) is 22.6. The molecule has 172 valence electrons. The summed E-state index contributed by atoms with van der Waals surface area (Å²) in [6.45, 7) is 9.96. The van der Waals surface area contributed by atoms with E-state index in [0.717, 1.165) is 32.1 Å². The minimum Gasteiger partial charge on any atom is -0.309 e. The van der Waals surface area contributed by atoms with Gasteiger partial charge < -0.3 is 4.98 Å². The first-order valence-corrected chi connectivity index (χ1v) is 12.7. The number of benzene rings is 2. The molecule has 0 aliphatic rings. The van der Waals surface area contributed by atoms with Crippen molar-refractivity contribution in [2.24, 2.45) is 0 Å². The number of aromatic nitrogens is 4. The van der Waals surface area contributed by atoms with Crippen LogP contribution >= 0.6 is 23.1 Å². The third-order valence-electron chi connectivity index (χ3n) is 6.29. The Morgan fingerprint density at radius 1 is 0.971 bits per heavy atom. The van der Waals surface area contributed by atoms with Crippen molar-refractivity contribution in [3.8, 4) is 5.69 Å². The van der Waals surface area contributed by atoms with Crippen LogP contribution in [0.3, 0.4) is 0 Å². The highest BCUT2D eigenvalue weighted by molar-refractivity contribution is 7.99. The number of aryl methyl sites for hydroxylation is 3. The summed E-state index contributed by atoms with van der Waals surface area (Å²) in [6.07, 6.45) is 0. The van der Waals surface area contributed by atoms with Gasteiger partial charge in [0.05, 0.1) is 27.2 Å². The molecule has 1 N–H and O–H groups in total. The number of nitrogens with one attached hydrogen (secondary N) is 1. The fraction of sp³-hybridized carbons (Fsp3) is 0.231. The number of hydrogen-bond acceptors (Lipinski definition) is 6. The van der Waals surface area contributed by atoms with Crippen molar-refractivity contribution >= 4 is 44.2 Å². The normalized spacial score (nSPS) is 12.5. The van der Waals surface area contributed by atoms with E-state index >= 15 is 0 Å². The molecule has 0 radical (unpaired) electrons. The van der Waals surface area contributed by atoms with Gasteiger partial charge in [0.25, 0.3) is 11.1 Å². The fourth-order valence-corrected chi connectivity index (χ4v) is 6.07. The first-order chi connectivity index (χ1) is 16.3. The summed E-state index contributed by atoms with van der Waals surface area (Å²) in [7, 11) is 0. The van der Waals surface area contributed by atoms with Gasteiger partial charge in [-0.1, -0.05) is 36.0 Å². The second-order valence-corrected chi connectivity index (χ2v) is 11.0. The van der Waals surface area contributed by atoms with Gasteiger partial charge in [-0.15, -0.1) is 11.3 Å². The van der Waals surface area contributed by atoms with E-state index in [2.05, 4.69) is 4.98 Å². The number of thiophene rings is 1. The molecule has 0 spiro atoms. The van der Waals surface area contributed by atoms with Gasteiger partial charge in [0.2, 0.25) is 0 Å². The van der Waals surface area contributed by atoms with Crippen molar-refractivity contribution in [1.29, 1.82) is 0 Å². The summed E-state index contributed by atoms with van der Waals surface area (Å²) < 4.78 is 1.68. The third kappa shape index (κ3) is 3.67. The van der Waals surface area contributed by atoms with Crippen molar-refractivity contribution in [2.75, 3.05) is 0 Å². The van der Waals surface area contributed by atoms with Crippen LogP contribution in [0.2, 0.25) is 0 Å². The number of nitrogens with zero attached hydrogens (tertiary/aromatic N) is 3. The summed E-state index contributed by atoms with van der Waals surface area (Å²) in [5.41, 5.74) is 4.29. The van der Waals surface area contributed by atoms with Crippen molar-refractivity contribution in [2.45, 2.75) is 45.0 Å². The fourth-order valence-electron chi connectivity index (χ4n) is 4.06. The molecule has 8 heteroatoms. The number of thioether (sulfide) groups is 1. The number of fused-ring (bicyclic) bond motifs is 2. The lowest BCUT2D eigenvalue weighted by Gasteiger charge is -2.18. The number of para-hydroxylation sites is 1. The van der Waals surface area contributed by atoms with Crippen molar-refractivity contribution in [3.05, 3.63) is 90.6 Å². The van der Waals surface area contributed by atoms with Crippen LogP contribution in [0.4, 0.5) is 0 Å².